The van der Waals surface area contributed by atoms with Crippen molar-refractivity contribution in [3.8, 4) is 0 Å². The van der Waals surface area contributed by atoms with Crippen LogP contribution in [0.1, 0.15) is 0 Å². The van der Waals surface area contributed by atoms with Gasteiger partial charge in [0, 0.05) is 0 Å². The van der Waals surface area contributed by atoms with Gasteiger partial charge in [0.15, 0.2) is 0 Å². The van der Waals surface area contributed by atoms with E-state index in [9.17, 15) is 0 Å². The molecule has 0 N–H and O–H groups in total. The van der Waals surface area contributed by atoms with E-state index in [2.05, 4.69) is 0 Å². The molecular formula is BaCdO4S2Se2. The van der Waals surface area contributed by atoms with Gasteiger partial charge < -0.3 is 0 Å². The van der Waals surface area contributed by atoms with Crippen molar-refractivity contribution < 1.29 is 45.5 Å². The van der Waals surface area contributed by atoms with Crippen molar-refractivity contribution in [1.82, 2.24) is 0 Å². The van der Waals surface area contributed by atoms with Gasteiger partial charge in [-0.25, -0.2) is 0 Å². The minimum atomic E-state index is -1.99. The molecule has 0 aliphatic heterocycles. The molecular weight excluding hydrogens is 536 g/mol. The second-order valence-corrected chi connectivity index (χ2v) is 4.65. The summed E-state index contributed by atoms with van der Waals surface area (Å²) in [5.74, 6) is 0. The molecule has 0 fully saturated rings. The van der Waals surface area contributed by atoms with Gasteiger partial charge in [-0.2, -0.15) is 0 Å². The van der Waals surface area contributed by atoms with E-state index in [-0.39, 0.29) is 76.2 Å². The van der Waals surface area contributed by atoms with Crippen molar-refractivity contribution in [3.63, 3.8) is 0 Å². The first-order valence-corrected chi connectivity index (χ1v) is 7.20. The Hall–Kier alpha value is 4.07. The monoisotopic (exact) mass is 540 g/mol. The van der Waals surface area contributed by atoms with Crippen LogP contribution in [0.2, 0.25) is 0 Å². The third kappa shape index (κ3) is 89.2. The van der Waals surface area contributed by atoms with E-state index in [1.54, 1.807) is 0 Å². The molecule has 0 bridgehead atoms. The molecule has 0 atom stereocenters. The standard InChI is InChI=1S/Ba.Cd.2H2O2SSe/c;;2*1-3(2)4/h;;2*(H2,1,2,4)/q2*+2;;/p-4. The zero-order valence-electron chi connectivity index (χ0n) is 4.68. The maximum atomic E-state index is 8.94. The summed E-state index contributed by atoms with van der Waals surface area (Å²) in [5, 5.41) is 0. The molecule has 10 heavy (non-hydrogen) atoms. The summed E-state index contributed by atoms with van der Waals surface area (Å²) in [4.78, 5) is 0. The Morgan fingerprint density at radius 3 is 0.800 bits per heavy atom. The Bertz CT molecular complexity index is 79.3. The molecule has 0 unspecified atom stereocenters. The molecule has 0 aliphatic carbocycles. The SMILES string of the molecule is [Ba+2].[Cd+2].[O-]S([O-])=[Se].[O-]S([O-])=[Se]. The fraction of sp³-hybridized carbons (Fsp3) is 0. The van der Waals surface area contributed by atoms with Crippen LogP contribution < -0.4 is 0 Å². The van der Waals surface area contributed by atoms with E-state index in [0.29, 0.717) is 0 Å². The molecule has 0 saturated carbocycles. The van der Waals surface area contributed by atoms with Crippen molar-refractivity contribution in [2.45, 2.75) is 0 Å². The van der Waals surface area contributed by atoms with Crippen LogP contribution in [0.15, 0.2) is 0 Å². The van der Waals surface area contributed by atoms with E-state index >= 15 is 0 Å². The maximum absolute atomic E-state index is 8.94. The van der Waals surface area contributed by atoms with Gasteiger partial charge in [0.2, 0.25) is 0 Å². The van der Waals surface area contributed by atoms with E-state index in [1.807, 2.05) is 28.8 Å². The average Bonchev–Trinajstić information content (AvgIpc) is 1.25. The van der Waals surface area contributed by atoms with Crippen molar-refractivity contribution in [2.24, 2.45) is 0 Å². The molecule has 0 rings (SSSR count). The zero-order chi connectivity index (χ0) is 7.15. The topological polar surface area (TPSA) is 92.2 Å². The van der Waals surface area contributed by atoms with Gasteiger partial charge in [-0.15, -0.1) is 0 Å². The summed E-state index contributed by atoms with van der Waals surface area (Å²) in [5.41, 5.74) is 0. The van der Waals surface area contributed by atoms with Crippen molar-refractivity contribution >= 4 is 96.4 Å². The summed E-state index contributed by atoms with van der Waals surface area (Å²) in [6.45, 7) is 0. The van der Waals surface area contributed by atoms with Gasteiger partial charge in [0.25, 0.3) is 0 Å². The van der Waals surface area contributed by atoms with E-state index in [0.717, 1.165) is 0 Å². The third-order valence-corrected chi connectivity index (χ3v) is 0. The molecule has 0 heterocycles. The first-order valence-electron chi connectivity index (χ1n) is 1.00. The van der Waals surface area contributed by atoms with E-state index in [1.165, 1.54) is 0 Å². The molecule has 52 valence electrons. The Balaban J connectivity index is -0.0000000300. The third-order valence-electron chi connectivity index (χ3n) is 0. The van der Waals surface area contributed by atoms with Gasteiger partial charge in [0.1, 0.15) is 0 Å². The van der Waals surface area contributed by atoms with Crippen LogP contribution in [0.3, 0.4) is 0 Å². The van der Waals surface area contributed by atoms with Crippen LogP contribution >= 0.6 is 18.8 Å². The Morgan fingerprint density at radius 2 is 0.800 bits per heavy atom. The Morgan fingerprint density at radius 1 is 0.800 bits per heavy atom. The fourth-order valence-corrected chi connectivity index (χ4v) is 0. The van der Waals surface area contributed by atoms with Crippen LogP contribution in [-0.2, 0) is 27.3 Å². The number of hydrogen-bond donors (Lipinski definition) is 0. The van der Waals surface area contributed by atoms with Gasteiger partial charge in [-0.05, 0) is 0 Å². The molecule has 0 saturated heterocycles. The number of hydrogen-bond acceptors (Lipinski definition) is 4. The first-order chi connectivity index (χ1) is 3.46. The van der Waals surface area contributed by atoms with E-state index < -0.39 is 18.8 Å². The van der Waals surface area contributed by atoms with Crippen LogP contribution in [-0.4, -0.2) is 95.9 Å². The summed E-state index contributed by atoms with van der Waals surface area (Å²) < 4.78 is 35.8. The Kier molecular flexibility index (Phi) is 44.5. The van der Waals surface area contributed by atoms with Crippen molar-refractivity contribution in [2.75, 3.05) is 0 Å². The summed E-state index contributed by atoms with van der Waals surface area (Å²) in [7, 11) is -3.97. The number of rotatable bonds is 0. The van der Waals surface area contributed by atoms with E-state index in [4.69, 9.17) is 18.2 Å². The molecule has 0 spiro atoms. The van der Waals surface area contributed by atoms with Crippen LogP contribution in [0.4, 0.5) is 0 Å². The van der Waals surface area contributed by atoms with Gasteiger partial charge in [-0.3, -0.25) is 0 Å². The van der Waals surface area contributed by atoms with Crippen molar-refractivity contribution in [3.05, 3.63) is 0 Å². The van der Waals surface area contributed by atoms with Gasteiger partial charge in [-0.1, -0.05) is 0 Å². The summed E-state index contributed by atoms with van der Waals surface area (Å²) in [6, 6.07) is 0. The summed E-state index contributed by atoms with van der Waals surface area (Å²) >= 11 is 3.64. The molecule has 0 amide bonds. The minimum absolute atomic E-state index is 0. The van der Waals surface area contributed by atoms with Gasteiger partial charge in [0.05, 0.1) is 0 Å². The van der Waals surface area contributed by atoms with Crippen molar-refractivity contribution in [1.29, 1.82) is 0 Å². The zero-order valence-corrected chi connectivity index (χ0v) is 18.2. The quantitative estimate of drug-likeness (QED) is 0.365. The van der Waals surface area contributed by atoms with Gasteiger partial charge >= 0.3 is 142 Å². The molecule has 4 nitrogen and oxygen atoms in total. The molecule has 0 aromatic carbocycles. The van der Waals surface area contributed by atoms with Crippen LogP contribution in [0.5, 0.6) is 0 Å². The second-order valence-electron chi connectivity index (χ2n) is 0.408. The second kappa shape index (κ2) is 18.8. The first kappa shape index (κ1) is 23.7. The Labute approximate surface area is 138 Å². The summed E-state index contributed by atoms with van der Waals surface area (Å²) in [6.07, 6.45) is 0. The van der Waals surface area contributed by atoms with Crippen LogP contribution in [0, 0.1) is 0 Å². The molecule has 0 aromatic rings. The predicted octanol–water partition coefficient (Wildman–Crippen LogP) is -1.18. The molecule has 0 radical (unpaired) electrons. The molecule has 10 heteroatoms. The van der Waals surface area contributed by atoms with Crippen LogP contribution in [0.25, 0.3) is 0 Å². The molecule has 0 aromatic heterocycles. The average molecular weight is 536 g/mol. The normalized spacial score (nSPS) is 7.00. The fourth-order valence-electron chi connectivity index (χ4n) is 0. The predicted molar refractivity (Wildman–Crippen MR) is 35.6 cm³/mol. The molecule has 0 aliphatic rings.